The first kappa shape index (κ1) is 22.9. The monoisotopic (exact) mass is 479 g/mol. The molecule has 3 aromatic rings. The van der Waals surface area contributed by atoms with E-state index in [0.717, 1.165) is 15.6 Å². The Morgan fingerprint density at radius 2 is 1.65 bits per heavy atom. The summed E-state index contributed by atoms with van der Waals surface area (Å²) < 4.78 is 53.7. The summed E-state index contributed by atoms with van der Waals surface area (Å²) in [5.74, 6) is -0.558. The molecule has 0 spiro atoms. The van der Waals surface area contributed by atoms with Crippen LogP contribution in [-0.4, -0.2) is 41.1 Å². The van der Waals surface area contributed by atoms with E-state index in [-0.39, 0.29) is 26.0 Å². The van der Waals surface area contributed by atoms with E-state index in [1.807, 2.05) is 0 Å². The zero-order valence-corrected chi connectivity index (χ0v) is 19.4. The highest BCUT2D eigenvalue weighted by Crippen LogP contribution is 2.28. The van der Waals surface area contributed by atoms with Gasteiger partial charge in [-0.2, -0.15) is 0 Å². The van der Waals surface area contributed by atoms with Gasteiger partial charge in [0.15, 0.2) is 0 Å². The highest BCUT2D eigenvalue weighted by atomic mass is 32.2. The molecule has 164 valence electrons. The number of hydrogen-bond donors (Lipinski definition) is 2. The van der Waals surface area contributed by atoms with Crippen LogP contribution in [0.5, 0.6) is 0 Å². The highest BCUT2D eigenvalue weighted by Gasteiger charge is 2.22. The van der Waals surface area contributed by atoms with Crippen molar-refractivity contribution in [2.75, 3.05) is 24.1 Å². The molecule has 0 atom stereocenters. The second-order valence-electron chi connectivity index (χ2n) is 6.80. The molecule has 0 saturated heterocycles. The number of aryl methyl sites for hydroxylation is 1. The molecule has 1 heterocycles. The summed E-state index contributed by atoms with van der Waals surface area (Å²) in [4.78, 5) is 13.1. The zero-order chi connectivity index (χ0) is 22.8. The molecule has 0 aliphatic carbocycles. The van der Waals surface area contributed by atoms with Crippen LogP contribution in [0.25, 0.3) is 0 Å². The standard InChI is InChI=1S/C20H21N3O5S3/c1-14-9-10-15(13-18(14)31(27,28)23(2)3)21-20(24)19-17(11-12-29-19)22-30(25,26)16-7-5-4-6-8-16/h4-13,22H,1-3H3,(H,21,24). The van der Waals surface area contributed by atoms with Crippen molar-refractivity contribution < 1.29 is 21.6 Å². The van der Waals surface area contributed by atoms with Gasteiger partial charge >= 0.3 is 0 Å². The van der Waals surface area contributed by atoms with Gasteiger partial charge in [-0.1, -0.05) is 24.3 Å². The summed E-state index contributed by atoms with van der Waals surface area (Å²) in [6.45, 7) is 1.66. The average Bonchev–Trinajstić information content (AvgIpc) is 3.17. The van der Waals surface area contributed by atoms with Crippen LogP contribution in [0.2, 0.25) is 0 Å². The third-order valence-electron chi connectivity index (χ3n) is 4.37. The Bertz CT molecular complexity index is 1320. The summed E-state index contributed by atoms with van der Waals surface area (Å²) >= 11 is 1.07. The molecule has 0 bridgehead atoms. The van der Waals surface area contributed by atoms with Gasteiger partial charge in [0, 0.05) is 19.8 Å². The number of nitrogens with one attached hydrogen (secondary N) is 2. The molecule has 3 rings (SSSR count). The van der Waals surface area contributed by atoms with Gasteiger partial charge in [-0.25, -0.2) is 21.1 Å². The van der Waals surface area contributed by atoms with Crippen molar-refractivity contribution in [3.63, 3.8) is 0 Å². The minimum absolute atomic E-state index is 0.0737. The maximum absolute atomic E-state index is 12.8. The van der Waals surface area contributed by atoms with Gasteiger partial charge in [0.05, 0.1) is 15.5 Å². The minimum Gasteiger partial charge on any atom is -0.321 e. The molecule has 0 aliphatic heterocycles. The molecule has 0 aliphatic rings. The lowest BCUT2D eigenvalue weighted by Gasteiger charge is -2.15. The molecule has 2 aromatic carbocycles. The Kier molecular flexibility index (Phi) is 6.51. The number of rotatable bonds is 7. The number of carbonyl (C=O) groups excluding carboxylic acids is 1. The lowest BCUT2D eigenvalue weighted by molar-refractivity contribution is 0.103. The van der Waals surface area contributed by atoms with Crippen molar-refractivity contribution in [2.24, 2.45) is 0 Å². The zero-order valence-electron chi connectivity index (χ0n) is 17.0. The van der Waals surface area contributed by atoms with Gasteiger partial charge in [0.1, 0.15) is 4.88 Å². The molecule has 8 nitrogen and oxygen atoms in total. The lowest BCUT2D eigenvalue weighted by atomic mass is 10.2. The molecule has 11 heteroatoms. The first-order valence-corrected chi connectivity index (χ1v) is 12.8. The second kappa shape index (κ2) is 8.79. The van der Waals surface area contributed by atoms with E-state index in [2.05, 4.69) is 10.0 Å². The van der Waals surface area contributed by atoms with Gasteiger partial charge in [0.2, 0.25) is 10.0 Å². The maximum Gasteiger partial charge on any atom is 0.267 e. The number of anilines is 2. The number of carbonyl (C=O) groups is 1. The average molecular weight is 480 g/mol. The van der Waals surface area contributed by atoms with E-state index in [1.54, 1.807) is 42.6 Å². The van der Waals surface area contributed by atoms with E-state index in [0.29, 0.717) is 5.56 Å². The Morgan fingerprint density at radius 1 is 0.968 bits per heavy atom. The first-order valence-electron chi connectivity index (χ1n) is 9.02. The van der Waals surface area contributed by atoms with E-state index >= 15 is 0 Å². The van der Waals surface area contributed by atoms with Crippen LogP contribution in [-0.2, 0) is 20.0 Å². The summed E-state index contributed by atoms with van der Waals surface area (Å²) in [6, 6.07) is 13.9. The van der Waals surface area contributed by atoms with Crippen molar-refractivity contribution in [2.45, 2.75) is 16.7 Å². The Morgan fingerprint density at radius 3 is 2.29 bits per heavy atom. The summed E-state index contributed by atoms with van der Waals surface area (Å²) in [5, 5.41) is 4.23. The number of nitrogens with zero attached hydrogens (tertiary/aromatic N) is 1. The smallest absolute Gasteiger partial charge is 0.267 e. The fraction of sp³-hybridized carbons (Fsp3) is 0.150. The minimum atomic E-state index is -3.86. The Balaban J connectivity index is 1.86. The molecule has 1 aromatic heterocycles. The van der Waals surface area contributed by atoms with Crippen LogP contribution >= 0.6 is 11.3 Å². The molecule has 31 heavy (non-hydrogen) atoms. The molecule has 0 unspecified atom stereocenters. The molecule has 2 N–H and O–H groups in total. The summed E-state index contributed by atoms with van der Waals surface area (Å²) in [5.41, 5.74) is 0.958. The number of sulfonamides is 2. The van der Waals surface area contributed by atoms with Gasteiger partial charge < -0.3 is 5.32 Å². The van der Waals surface area contributed by atoms with Crippen LogP contribution in [0.4, 0.5) is 11.4 Å². The van der Waals surface area contributed by atoms with Crippen LogP contribution in [0.1, 0.15) is 15.2 Å². The molecule has 0 saturated carbocycles. The van der Waals surface area contributed by atoms with Crippen LogP contribution in [0.3, 0.4) is 0 Å². The summed E-state index contributed by atoms with van der Waals surface area (Å²) in [7, 11) is -4.70. The molecular weight excluding hydrogens is 458 g/mol. The number of hydrogen-bond acceptors (Lipinski definition) is 6. The molecule has 1 amide bonds. The van der Waals surface area contributed by atoms with Crippen molar-refractivity contribution in [3.05, 3.63) is 70.4 Å². The van der Waals surface area contributed by atoms with Crippen molar-refractivity contribution in [1.82, 2.24) is 4.31 Å². The fourth-order valence-electron chi connectivity index (χ4n) is 2.71. The Hall–Kier alpha value is -2.73. The summed E-state index contributed by atoms with van der Waals surface area (Å²) in [6.07, 6.45) is 0. The van der Waals surface area contributed by atoms with E-state index in [4.69, 9.17) is 0 Å². The number of benzene rings is 2. The predicted octanol–water partition coefficient (Wildman–Crippen LogP) is 3.36. The lowest BCUT2D eigenvalue weighted by Crippen LogP contribution is -2.23. The number of amides is 1. The third kappa shape index (κ3) is 4.96. The van der Waals surface area contributed by atoms with Crippen LogP contribution in [0, 0.1) is 6.92 Å². The van der Waals surface area contributed by atoms with E-state index < -0.39 is 26.0 Å². The highest BCUT2D eigenvalue weighted by molar-refractivity contribution is 7.92. The van der Waals surface area contributed by atoms with Crippen molar-refractivity contribution in [1.29, 1.82) is 0 Å². The van der Waals surface area contributed by atoms with E-state index in [1.165, 1.54) is 38.4 Å². The predicted molar refractivity (Wildman–Crippen MR) is 122 cm³/mol. The van der Waals surface area contributed by atoms with Crippen molar-refractivity contribution >= 4 is 48.7 Å². The van der Waals surface area contributed by atoms with Crippen LogP contribution < -0.4 is 10.0 Å². The number of thiophene rings is 1. The molecular formula is C20H21N3O5S3. The van der Waals surface area contributed by atoms with Gasteiger partial charge in [-0.15, -0.1) is 11.3 Å². The third-order valence-corrected chi connectivity index (χ3v) is 8.63. The molecule has 0 radical (unpaired) electrons. The topological polar surface area (TPSA) is 113 Å². The first-order chi connectivity index (χ1) is 14.5. The Labute approximate surface area is 185 Å². The van der Waals surface area contributed by atoms with Crippen LogP contribution in [0.15, 0.2) is 69.8 Å². The van der Waals surface area contributed by atoms with Gasteiger partial charge in [0.25, 0.3) is 15.9 Å². The van der Waals surface area contributed by atoms with E-state index in [9.17, 15) is 21.6 Å². The van der Waals surface area contributed by atoms with Crippen molar-refractivity contribution in [3.8, 4) is 0 Å². The largest absolute Gasteiger partial charge is 0.321 e. The second-order valence-corrected chi connectivity index (χ2v) is 11.5. The maximum atomic E-state index is 12.8. The SMILES string of the molecule is Cc1ccc(NC(=O)c2sccc2NS(=O)(=O)c2ccccc2)cc1S(=O)(=O)N(C)C. The quantitative estimate of drug-likeness (QED) is 0.540. The fourth-order valence-corrected chi connectivity index (χ4v) is 5.76. The van der Waals surface area contributed by atoms with Gasteiger partial charge in [-0.3, -0.25) is 9.52 Å². The van der Waals surface area contributed by atoms with Gasteiger partial charge in [-0.05, 0) is 48.2 Å². The molecule has 0 fully saturated rings. The normalized spacial score (nSPS) is 12.0.